The molecule has 0 N–H and O–H groups in total. The smallest absolute Gasteiger partial charge is 0.315 e. The van der Waals surface area contributed by atoms with Crippen LogP contribution in [-0.4, -0.2) is 18.9 Å². The van der Waals surface area contributed by atoms with Crippen LogP contribution in [0.15, 0.2) is 48.5 Å². The maximum Gasteiger partial charge on any atom is 0.315 e. The molecule has 0 amide bonds. The first-order chi connectivity index (χ1) is 11.1. The summed E-state index contributed by atoms with van der Waals surface area (Å²) in [6.45, 7) is 1.50. The lowest BCUT2D eigenvalue weighted by molar-refractivity contribution is -0.142. The molecule has 2 aromatic rings. The highest BCUT2D eigenvalue weighted by molar-refractivity contribution is 5.87. The molecule has 0 spiro atoms. The number of rotatable bonds is 4. The summed E-state index contributed by atoms with van der Waals surface area (Å²) in [7, 11) is 1.57. The van der Waals surface area contributed by atoms with E-state index in [0.717, 1.165) is 11.1 Å². The van der Waals surface area contributed by atoms with Crippen molar-refractivity contribution in [2.75, 3.05) is 7.11 Å². The van der Waals surface area contributed by atoms with Gasteiger partial charge in [0.25, 0.3) is 0 Å². The molecule has 118 valence electrons. The van der Waals surface area contributed by atoms with Crippen LogP contribution >= 0.6 is 0 Å². The molecule has 0 saturated heterocycles. The first kappa shape index (κ1) is 15.3. The lowest BCUT2D eigenvalue weighted by atomic mass is 9.76. The van der Waals surface area contributed by atoms with Crippen molar-refractivity contribution in [1.29, 1.82) is 0 Å². The number of methoxy groups -OCH3 is 1. The van der Waals surface area contributed by atoms with Crippen LogP contribution in [0.4, 0.5) is 0 Å². The molecule has 2 aromatic carbocycles. The number of carbonyl (C=O) groups is 2. The van der Waals surface area contributed by atoms with Crippen molar-refractivity contribution in [3.8, 4) is 11.5 Å². The van der Waals surface area contributed by atoms with Gasteiger partial charge in [-0.3, -0.25) is 4.79 Å². The van der Waals surface area contributed by atoms with Crippen molar-refractivity contribution in [3.05, 3.63) is 59.7 Å². The van der Waals surface area contributed by atoms with E-state index in [2.05, 4.69) is 0 Å². The number of hydrogen-bond donors (Lipinski definition) is 0. The molecule has 4 heteroatoms. The number of fused-ring (bicyclic) bond motifs is 1. The zero-order valence-electron chi connectivity index (χ0n) is 13.1. The van der Waals surface area contributed by atoms with E-state index >= 15 is 0 Å². The number of ketones is 1. The molecule has 1 aliphatic heterocycles. The van der Waals surface area contributed by atoms with Gasteiger partial charge in [-0.25, -0.2) is 0 Å². The summed E-state index contributed by atoms with van der Waals surface area (Å²) in [4.78, 5) is 24.1. The van der Waals surface area contributed by atoms with E-state index in [4.69, 9.17) is 9.47 Å². The number of Topliss-reactive ketones (excluding diaryl/α,β-unsaturated/α-hetero) is 1. The summed E-state index contributed by atoms with van der Waals surface area (Å²) in [5, 5.41) is 0. The zero-order valence-corrected chi connectivity index (χ0v) is 13.1. The van der Waals surface area contributed by atoms with E-state index < -0.39 is 5.92 Å². The van der Waals surface area contributed by atoms with E-state index in [-0.39, 0.29) is 24.1 Å². The predicted molar refractivity (Wildman–Crippen MR) is 85.7 cm³/mol. The molecule has 0 unspecified atom stereocenters. The van der Waals surface area contributed by atoms with Crippen LogP contribution in [0.3, 0.4) is 0 Å². The van der Waals surface area contributed by atoms with Crippen molar-refractivity contribution in [2.24, 2.45) is 5.92 Å². The van der Waals surface area contributed by atoms with Gasteiger partial charge in [-0.2, -0.15) is 0 Å². The van der Waals surface area contributed by atoms with Gasteiger partial charge in [0.05, 0.1) is 13.0 Å². The van der Waals surface area contributed by atoms with Gasteiger partial charge in [0.2, 0.25) is 0 Å². The summed E-state index contributed by atoms with van der Waals surface area (Å²) in [5.74, 6) is 0.0501. The summed E-state index contributed by atoms with van der Waals surface area (Å²) >= 11 is 0. The van der Waals surface area contributed by atoms with Crippen LogP contribution in [0.1, 0.15) is 30.4 Å². The van der Waals surface area contributed by atoms with E-state index in [9.17, 15) is 9.59 Å². The molecular weight excluding hydrogens is 292 g/mol. The van der Waals surface area contributed by atoms with Gasteiger partial charge in [-0.1, -0.05) is 36.4 Å². The molecular formula is C19H18O4. The topological polar surface area (TPSA) is 52.6 Å². The molecule has 0 aliphatic carbocycles. The number of hydrogen-bond acceptors (Lipinski definition) is 4. The molecule has 23 heavy (non-hydrogen) atoms. The van der Waals surface area contributed by atoms with Gasteiger partial charge >= 0.3 is 5.97 Å². The molecule has 0 saturated carbocycles. The highest BCUT2D eigenvalue weighted by Crippen LogP contribution is 2.44. The van der Waals surface area contributed by atoms with Crippen LogP contribution in [0.2, 0.25) is 0 Å². The molecule has 3 rings (SSSR count). The second-order valence-electron chi connectivity index (χ2n) is 5.73. The molecule has 2 atom stereocenters. The SMILES string of the molecule is COc1ccc2c(c1)OC(=O)[C@H](CC(C)=O)[C@H]2c1ccccc1. The minimum absolute atomic E-state index is 0.0233. The fourth-order valence-corrected chi connectivity index (χ4v) is 3.11. The largest absolute Gasteiger partial charge is 0.497 e. The zero-order chi connectivity index (χ0) is 16.4. The van der Waals surface area contributed by atoms with Crippen LogP contribution in [0, 0.1) is 5.92 Å². The van der Waals surface area contributed by atoms with Crippen molar-refractivity contribution < 1.29 is 19.1 Å². The first-order valence-electron chi connectivity index (χ1n) is 7.54. The first-order valence-corrected chi connectivity index (χ1v) is 7.54. The lowest BCUT2D eigenvalue weighted by Crippen LogP contribution is -2.33. The summed E-state index contributed by atoms with van der Waals surface area (Å²) < 4.78 is 10.7. The van der Waals surface area contributed by atoms with E-state index in [1.165, 1.54) is 6.92 Å². The maximum atomic E-state index is 12.5. The Balaban J connectivity index is 2.13. The molecule has 0 radical (unpaired) electrons. The molecule has 4 nitrogen and oxygen atoms in total. The Labute approximate surface area is 135 Å². The summed E-state index contributed by atoms with van der Waals surface area (Å²) in [5.41, 5.74) is 1.91. The van der Waals surface area contributed by atoms with Crippen LogP contribution in [0.5, 0.6) is 11.5 Å². The Morgan fingerprint density at radius 2 is 1.91 bits per heavy atom. The molecule has 0 fully saturated rings. The fourth-order valence-electron chi connectivity index (χ4n) is 3.11. The predicted octanol–water partition coefficient (Wildman–Crippen LogP) is 3.34. The standard InChI is InChI=1S/C19H18O4/c1-12(20)10-16-18(13-6-4-3-5-7-13)15-9-8-14(22-2)11-17(15)23-19(16)21/h3-9,11,16,18H,10H2,1-2H3/t16-,18+/m1/s1. The van der Waals surface area contributed by atoms with Crippen molar-refractivity contribution in [1.82, 2.24) is 0 Å². The van der Waals surface area contributed by atoms with E-state index in [1.54, 1.807) is 13.2 Å². The molecule has 0 aromatic heterocycles. The van der Waals surface area contributed by atoms with Gasteiger partial charge in [-0.15, -0.1) is 0 Å². The Hall–Kier alpha value is -2.62. The second-order valence-corrected chi connectivity index (χ2v) is 5.73. The Kier molecular flexibility index (Phi) is 4.15. The third-order valence-corrected chi connectivity index (χ3v) is 4.14. The van der Waals surface area contributed by atoms with Crippen molar-refractivity contribution >= 4 is 11.8 Å². The lowest BCUT2D eigenvalue weighted by Gasteiger charge is -2.32. The molecule has 0 bridgehead atoms. The number of benzene rings is 2. The molecule has 1 aliphatic rings. The van der Waals surface area contributed by atoms with E-state index in [0.29, 0.717) is 11.5 Å². The van der Waals surface area contributed by atoms with Crippen LogP contribution in [0.25, 0.3) is 0 Å². The summed E-state index contributed by atoms with van der Waals surface area (Å²) in [6, 6.07) is 15.2. The van der Waals surface area contributed by atoms with Crippen molar-refractivity contribution in [2.45, 2.75) is 19.3 Å². The fraction of sp³-hybridized carbons (Fsp3) is 0.263. The van der Waals surface area contributed by atoms with E-state index in [1.807, 2.05) is 42.5 Å². The Morgan fingerprint density at radius 3 is 2.57 bits per heavy atom. The highest BCUT2D eigenvalue weighted by atomic mass is 16.5. The minimum atomic E-state index is -0.504. The highest BCUT2D eigenvalue weighted by Gasteiger charge is 2.39. The van der Waals surface area contributed by atoms with Gasteiger partial charge in [0.15, 0.2) is 0 Å². The van der Waals surface area contributed by atoms with Gasteiger partial charge in [0, 0.05) is 24.0 Å². The maximum absolute atomic E-state index is 12.5. The second kappa shape index (κ2) is 6.24. The monoisotopic (exact) mass is 310 g/mol. The van der Waals surface area contributed by atoms with Gasteiger partial charge < -0.3 is 14.3 Å². The third kappa shape index (κ3) is 2.97. The van der Waals surface area contributed by atoms with Crippen LogP contribution < -0.4 is 9.47 Å². The average molecular weight is 310 g/mol. The number of esters is 1. The average Bonchev–Trinajstić information content (AvgIpc) is 2.55. The quantitative estimate of drug-likeness (QED) is 0.642. The Morgan fingerprint density at radius 1 is 1.17 bits per heavy atom. The van der Waals surface area contributed by atoms with Gasteiger partial charge in [0.1, 0.15) is 17.3 Å². The summed E-state index contributed by atoms with van der Waals surface area (Å²) in [6.07, 6.45) is 0.170. The Bertz CT molecular complexity index is 736. The van der Waals surface area contributed by atoms with Crippen molar-refractivity contribution in [3.63, 3.8) is 0 Å². The third-order valence-electron chi connectivity index (χ3n) is 4.14. The molecule has 1 heterocycles. The number of ether oxygens (including phenoxy) is 2. The number of carbonyl (C=O) groups excluding carboxylic acids is 2. The normalized spacial score (nSPS) is 19.7. The minimum Gasteiger partial charge on any atom is -0.497 e. The van der Waals surface area contributed by atoms with Crippen LogP contribution in [-0.2, 0) is 9.59 Å². The van der Waals surface area contributed by atoms with Gasteiger partial charge in [-0.05, 0) is 18.6 Å².